The first-order valence-electron chi connectivity index (χ1n) is 12.4. The van der Waals surface area contributed by atoms with Crippen LogP contribution in [-0.2, 0) is 32.5 Å². The zero-order chi connectivity index (χ0) is 30.9. The van der Waals surface area contributed by atoms with Crippen molar-refractivity contribution in [3.05, 3.63) is 86.3 Å². The molecule has 16 heteroatoms. The van der Waals surface area contributed by atoms with Crippen molar-refractivity contribution in [2.45, 2.75) is 17.9 Å². The van der Waals surface area contributed by atoms with Crippen molar-refractivity contribution < 1.29 is 41.7 Å². The Hall–Kier alpha value is -4.54. The average molecular weight is 607 g/mol. The molecule has 0 aliphatic carbocycles. The number of amides is 1. The number of benzene rings is 2. The summed E-state index contributed by atoms with van der Waals surface area (Å²) in [6.45, 7) is -0.952. The Bertz CT molecular complexity index is 1510. The first kappa shape index (κ1) is 32.0. The van der Waals surface area contributed by atoms with Crippen molar-refractivity contribution in [3.63, 3.8) is 0 Å². The fraction of sp³-hybridized carbons (Fsp3) is 0.346. The number of rotatable bonds is 16. The molecule has 0 N–H and O–H groups in total. The number of methoxy groups -OCH3 is 3. The van der Waals surface area contributed by atoms with Crippen molar-refractivity contribution in [2.24, 2.45) is 0 Å². The van der Waals surface area contributed by atoms with E-state index in [1.165, 1.54) is 32.5 Å². The lowest BCUT2D eigenvalue weighted by Gasteiger charge is -2.27. The fourth-order valence-electron chi connectivity index (χ4n) is 4.03. The van der Waals surface area contributed by atoms with Gasteiger partial charge in [0.1, 0.15) is 5.76 Å². The highest BCUT2D eigenvalue weighted by Crippen LogP contribution is 2.31. The quantitative estimate of drug-likeness (QED) is 0.172. The highest BCUT2D eigenvalue weighted by atomic mass is 32.2. The number of hydrogen-bond acceptors (Lipinski definition) is 11. The van der Waals surface area contributed by atoms with Crippen molar-refractivity contribution in [2.75, 3.05) is 47.6 Å². The second kappa shape index (κ2) is 14.4. The monoisotopic (exact) mass is 606 g/mol. The number of nitrogens with zero attached hydrogens (tertiary/aromatic N) is 4. The Morgan fingerprint density at radius 3 is 2.29 bits per heavy atom. The fourth-order valence-corrected chi connectivity index (χ4v) is 5.54. The molecule has 0 saturated heterocycles. The highest BCUT2D eigenvalue weighted by Gasteiger charge is 2.35. The predicted molar refractivity (Wildman–Crippen MR) is 148 cm³/mol. The molecule has 0 bridgehead atoms. The molecule has 0 fully saturated rings. The van der Waals surface area contributed by atoms with Crippen molar-refractivity contribution >= 4 is 27.3 Å². The second-order valence-electron chi connectivity index (χ2n) is 8.83. The molecule has 2 aromatic carbocycles. The molecule has 0 unspecified atom stereocenters. The van der Waals surface area contributed by atoms with Gasteiger partial charge in [0, 0.05) is 26.3 Å². The standard InChI is InChI=1S/C26H30N4O11S/c1-38-14-12-28(42(36,37)25-9-7-20(29(32)33)16-22(25)30(34)35)18-26(31)27(17-21-5-4-13-41-21)11-10-19-6-8-23(39-2)24(15-19)40-3/h4-9,13,15-16H,10-12,14,17-18H2,1-3H3. The topological polar surface area (TPSA) is 185 Å². The lowest BCUT2D eigenvalue weighted by atomic mass is 10.1. The van der Waals surface area contributed by atoms with Gasteiger partial charge in [-0.05, 0) is 42.3 Å². The van der Waals surface area contributed by atoms with E-state index in [9.17, 15) is 33.4 Å². The van der Waals surface area contributed by atoms with E-state index in [1.807, 2.05) is 0 Å². The van der Waals surface area contributed by atoms with Gasteiger partial charge in [-0.3, -0.25) is 25.0 Å². The normalized spacial score (nSPS) is 11.3. The number of non-ortho nitro benzene ring substituents is 1. The summed E-state index contributed by atoms with van der Waals surface area (Å²) in [4.78, 5) is 35.1. The lowest BCUT2D eigenvalue weighted by Crippen LogP contribution is -2.44. The zero-order valence-electron chi connectivity index (χ0n) is 23.1. The first-order chi connectivity index (χ1) is 20.0. The Morgan fingerprint density at radius 1 is 0.952 bits per heavy atom. The van der Waals surface area contributed by atoms with Gasteiger partial charge in [0.25, 0.3) is 11.4 Å². The molecule has 0 aliphatic rings. The van der Waals surface area contributed by atoms with E-state index in [1.54, 1.807) is 30.3 Å². The first-order valence-corrected chi connectivity index (χ1v) is 13.9. The molecular weight excluding hydrogens is 576 g/mol. The summed E-state index contributed by atoms with van der Waals surface area (Å²) in [6, 6.07) is 10.8. The molecule has 0 spiro atoms. The van der Waals surface area contributed by atoms with Crippen LogP contribution in [0.2, 0.25) is 0 Å². The molecule has 3 aromatic rings. The van der Waals surface area contributed by atoms with Crippen molar-refractivity contribution in [1.29, 1.82) is 0 Å². The van der Waals surface area contributed by atoms with Gasteiger partial charge in [0.2, 0.25) is 15.9 Å². The number of furan rings is 1. The molecule has 3 rings (SSSR count). The van der Waals surface area contributed by atoms with Gasteiger partial charge in [-0.2, -0.15) is 4.31 Å². The maximum Gasteiger partial charge on any atom is 0.296 e. The number of nitro benzene ring substituents is 2. The molecule has 0 radical (unpaired) electrons. The number of carbonyl (C=O) groups is 1. The van der Waals surface area contributed by atoms with E-state index in [4.69, 9.17) is 18.6 Å². The molecular formula is C26H30N4O11S. The summed E-state index contributed by atoms with van der Waals surface area (Å²) in [6.07, 6.45) is 1.81. The molecule has 42 heavy (non-hydrogen) atoms. The maximum absolute atomic E-state index is 13.6. The van der Waals surface area contributed by atoms with E-state index in [0.717, 1.165) is 22.0 Å². The summed E-state index contributed by atoms with van der Waals surface area (Å²) < 4.78 is 49.0. The van der Waals surface area contributed by atoms with Gasteiger partial charge in [-0.15, -0.1) is 0 Å². The van der Waals surface area contributed by atoms with Crippen molar-refractivity contribution in [3.8, 4) is 11.5 Å². The summed E-state index contributed by atoms with van der Waals surface area (Å²) in [5.41, 5.74) is -0.824. The number of sulfonamides is 1. The number of nitro groups is 2. The average Bonchev–Trinajstić information content (AvgIpc) is 3.49. The zero-order valence-corrected chi connectivity index (χ0v) is 23.9. The predicted octanol–water partition coefficient (Wildman–Crippen LogP) is 3.02. The third-order valence-electron chi connectivity index (χ3n) is 6.22. The van der Waals surface area contributed by atoms with Gasteiger partial charge < -0.3 is 23.5 Å². The molecule has 0 saturated carbocycles. The molecule has 1 aromatic heterocycles. The van der Waals surface area contributed by atoms with Crippen molar-refractivity contribution in [1.82, 2.24) is 9.21 Å². The Morgan fingerprint density at radius 2 is 1.69 bits per heavy atom. The van der Waals surface area contributed by atoms with Crippen LogP contribution in [0.5, 0.6) is 11.5 Å². The van der Waals surface area contributed by atoms with Crippen LogP contribution in [-0.4, -0.2) is 80.9 Å². The van der Waals surface area contributed by atoms with Gasteiger partial charge in [-0.25, -0.2) is 8.42 Å². The molecule has 1 amide bonds. The SMILES string of the molecule is COCCN(CC(=O)N(CCc1ccc(OC)c(OC)c1)Cc1ccco1)S(=O)(=O)c1ccc([N+](=O)[O-])cc1[N+](=O)[O-]. The summed E-state index contributed by atoms with van der Waals surface area (Å²) in [7, 11) is -0.343. The third-order valence-corrected chi connectivity index (χ3v) is 8.11. The molecule has 0 aliphatic heterocycles. The van der Waals surface area contributed by atoms with Crippen LogP contribution in [0.15, 0.2) is 64.1 Å². The Kier molecular flexibility index (Phi) is 11.0. The van der Waals surface area contributed by atoms with Crippen LogP contribution in [0.1, 0.15) is 11.3 Å². The molecule has 15 nitrogen and oxygen atoms in total. The van der Waals surface area contributed by atoms with E-state index in [-0.39, 0.29) is 26.2 Å². The Labute approximate surface area is 241 Å². The highest BCUT2D eigenvalue weighted by molar-refractivity contribution is 7.89. The second-order valence-corrected chi connectivity index (χ2v) is 10.7. The van der Waals surface area contributed by atoms with E-state index < -0.39 is 48.6 Å². The van der Waals surface area contributed by atoms with Crippen LogP contribution < -0.4 is 9.47 Å². The minimum Gasteiger partial charge on any atom is -0.493 e. The van der Waals surface area contributed by atoms with Crippen LogP contribution >= 0.6 is 0 Å². The smallest absolute Gasteiger partial charge is 0.296 e. The lowest BCUT2D eigenvalue weighted by molar-refractivity contribution is -0.396. The Balaban J connectivity index is 1.92. The van der Waals surface area contributed by atoms with E-state index >= 15 is 0 Å². The molecule has 226 valence electrons. The van der Waals surface area contributed by atoms with E-state index in [0.29, 0.717) is 29.7 Å². The summed E-state index contributed by atoms with van der Waals surface area (Å²) in [5.74, 6) is 0.869. The summed E-state index contributed by atoms with van der Waals surface area (Å²) >= 11 is 0. The summed E-state index contributed by atoms with van der Waals surface area (Å²) in [5, 5.41) is 22.8. The van der Waals surface area contributed by atoms with Gasteiger partial charge in [-0.1, -0.05) is 6.07 Å². The largest absolute Gasteiger partial charge is 0.493 e. The third kappa shape index (κ3) is 7.80. The minimum atomic E-state index is -4.68. The van der Waals surface area contributed by atoms with Gasteiger partial charge in [0.05, 0.1) is 56.1 Å². The van der Waals surface area contributed by atoms with Crippen LogP contribution in [0.4, 0.5) is 11.4 Å². The number of ether oxygens (including phenoxy) is 3. The van der Waals surface area contributed by atoms with Crippen LogP contribution in [0.25, 0.3) is 0 Å². The maximum atomic E-state index is 13.6. The molecule has 1 heterocycles. The number of carbonyl (C=O) groups excluding carboxylic acids is 1. The van der Waals surface area contributed by atoms with Crippen LogP contribution in [0, 0.1) is 20.2 Å². The van der Waals surface area contributed by atoms with Gasteiger partial charge in [0.15, 0.2) is 16.4 Å². The van der Waals surface area contributed by atoms with E-state index in [2.05, 4.69) is 0 Å². The number of hydrogen-bond donors (Lipinski definition) is 0. The van der Waals surface area contributed by atoms with Gasteiger partial charge >= 0.3 is 0 Å². The van der Waals surface area contributed by atoms with Crippen LogP contribution in [0.3, 0.4) is 0 Å². The molecule has 0 atom stereocenters. The minimum absolute atomic E-state index is 0.0228.